The Labute approximate surface area is 206 Å². The number of aromatic amines is 1. The van der Waals surface area contributed by atoms with Gasteiger partial charge in [-0.25, -0.2) is 4.98 Å². The van der Waals surface area contributed by atoms with Crippen LogP contribution in [0.1, 0.15) is 12.7 Å². The average Bonchev–Trinajstić information content (AvgIpc) is 3.54. The molecular weight excluding hydrogens is 466 g/mol. The van der Waals surface area contributed by atoms with Crippen LogP contribution < -0.4 is 10.5 Å². The van der Waals surface area contributed by atoms with Crippen molar-refractivity contribution in [2.75, 3.05) is 38.1 Å². The van der Waals surface area contributed by atoms with Crippen LogP contribution in [-0.2, 0) is 11.3 Å². The first-order valence-electron chi connectivity index (χ1n) is 11.3. The van der Waals surface area contributed by atoms with E-state index in [1.807, 2.05) is 67.2 Å². The van der Waals surface area contributed by atoms with Crippen molar-refractivity contribution in [3.63, 3.8) is 0 Å². The third-order valence-corrected chi connectivity index (χ3v) is 8.21. The molecule has 1 saturated heterocycles. The van der Waals surface area contributed by atoms with Gasteiger partial charge < -0.3 is 9.88 Å². The fourth-order valence-electron chi connectivity index (χ4n) is 4.42. The van der Waals surface area contributed by atoms with E-state index in [0.29, 0.717) is 17.8 Å². The summed E-state index contributed by atoms with van der Waals surface area (Å²) < 4.78 is 0. The molecular formula is C25H27N5O2S2. The molecule has 0 spiro atoms. The minimum atomic E-state index is -0.191. The van der Waals surface area contributed by atoms with Gasteiger partial charge in [0, 0.05) is 54.7 Å². The van der Waals surface area contributed by atoms with Crippen LogP contribution in [0.3, 0.4) is 0 Å². The lowest BCUT2D eigenvalue weighted by atomic mass is 10.2. The number of carbonyl (C=O) groups is 1. The van der Waals surface area contributed by atoms with Crippen LogP contribution in [0.25, 0.3) is 20.7 Å². The zero-order valence-electron chi connectivity index (χ0n) is 19.2. The van der Waals surface area contributed by atoms with E-state index in [4.69, 9.17) is 4.98 Å². The van der Waals surface area contributed by atoms with E-state index in [-0.39, 0.29) is 17.5 Å². The van der Waals surface area contributed by atoms with Gasteiger partial charge in [-0.05, 0) is 30.5 Å². The van der Waals surface area contributed by atoms with Gasteiger partial charge in [0.05, 0.1) is 18.0 Å². The highest BCUT2D eigenvalue weighted by Crippen LogP contribution is 2.33. The molecule has 0 aliphatic carbocycles. The molecule has 1 fully saturated rings. The highest BCUT2D eigenvalue weighted by atomic mass is 32.1. The molecule has 1 aliphatic rings. The summed E-state index contributed by atoms with van der Waals surface area (Å²) >= 11 is 3.15. The number of rotatable bonds is 6. The molecule has 4 heterocycles. The smallest absolute Gasteiger partial charge is 0.260 e. The molecule has 3 aromatic heterocycles. The van der Waals surface area contributed by atoms with E-state index >= 15 is 0 Å². The topological polar surface area (TPSA) is 72.5 Å². The van der Waals surface area contributed by atoms with Gasteiger partial charge in [0.1, 0.15) is 10.7 Å². The molecule has 1 atom stereocenters. The number of benzene rings is 1. The molecule has 5 rings (SSSR count). The third-order valence-electron chi connectivity index (χ3n) is 6.44. The molecule has 7 nitrogen and oxygen atoms in total. The molecule has 176 valence electrons. The number of likely N-dealkylation sites (N-methyl/N-ethyl adjacent to an activating group) is 1. The van der Waals surface area contributed by atoms with E-state index in [9.17, 15) is 9.59 Å². The second kappa shape index (κ2) is 9.79. The van der Waals surface area contributed by atoms with Gasteiger partial charge in [0.25, 0.3) is 5.56 Å². The van der Waals surface area contributed by atoms with Crippen molar-refractivity contribution >= 4 is 44.5 Å². The summed E-state index contributed by atoms with van der Waals surface area (Å²) in [5, 5.41) is 4.71. The van der Waals surface area contributed by atoms with E-state index in [1.165, 1.54) is 11.3 Å². The molecule has 0 radical (unpaired) electrons. The first-order valence-corrected chi connectivity index (χ1v) is 13.1. The number of para-hydroxylation sites is 1. The van der Waals surface area contributed by atoms with Crippen LogP contribution in [-0.4, -0.2) is 64.9 Å². The summed E-state index contributed by atoms with van der Waals surface area (Å²) in [5.41, 5.74) is 1.79. The molecule has 1 N–H and O–H groups in total. The Kier molecular flexibility index (Phi) is 6.60. The van der Waals surface area contributed by atoms with Crippen LogP contribution in [0.2, 0.25) is 0 Å². The third kappa shape index (κ3) is 4.56. The molecule has 0 saturated carbocycles. The lowest BCUT2D eigenvalue weighted by Crippen LogP contribution is -2.54. The normalized spacial score (nSPS) is 16.1. The Balaban J connectivity index is 1.22. The summed E-state index contributed by atoms with van der Waals surface area (Å²) in [6.45, 7) is 5.80. The van der Waals surface area contributed by atoms with Crippen molar-refractivity contribution in [3.05, 3.63) is 69.4 Å². The molecule has 1 aromatic carbocycles. The zero-order valence-corrected chi connectivity index (χ0v) is 20.9. The minimum Gasteiger partial charge on any atom is -0.314 e. The van der Waals surface area contributed by atoms with Gasteiger partial charge in [0.15, 0.2) is 0 Å². The van der Waals surface area contributed by atoms with Crippen LogP contribution >= 0.6 is 22.7 Å². The molecule has 1 aliphatic heterocycles. The van der Waals surface area contributed by atoms with Crippen molar-refractivity contribution in [2.24, 2.45) is 0 Å². The number of thiophene rings is 2. The largest absolute Gasteiger partial charge is 0.314 e. The van der Waals surface area contributed by atoms with Crippen molar-refractivity contribution in [3.8, 4) is 10.4 Å². The number of carbonyl (C=O) groups excluding carboxylic acids is 1. The van der Waals surface area contributed by atoms with Gasteiger partial charge in [-0.1, -0.05) is 24.3 Å². The Morgan fingerprint density at radius 2 is 1.88 bits per heavy atom. The average molecular weight is 494 g/mol. The maximum Gasteiger partial charge on any atom is 0.260 e. The fourth-order valence-corrected chi connectivity index (χ4v) is 6.20. The Hall–Kier alpha value is -2.85. The number of aromatic nitrogens is 2. The highest BCUT2D eigenvalue weighted by molar-refractivity contribution is 7.18. The number of piperazine rings is 1. The number of anilines is 1. The number of H-pyrrole nitrogens is 1. The van der Waals surface area contributed by atoms with E-state index < -0.39 is 0 Å². The van der Waals surface area contributed by atoms with E-state index in [0.717, 1.165) is 47.1 Å². The van der Waals surface area contributed by atoms with Gasteiger partial charge >= 0.3 is 0 Å². The molecule has 34 heavy (non-hydrogen) atoms. The molecule has 0 unspecified atom stereocenters. The Morgan fingerprint density at radius 3 is 2.59 bits per heavy atom. The molecule has 0 bridgehead atoms. The first-order chi connectivity index (χ1) is 16.5. The number of nitrogens with zero attached hydrogens (tertiary/aromatic N) is 4. The van der Waals surface area contributed by atoms with Crippen LogP contribution in [0.4, 0.5) is 5.69 Å². The van der Waals surface area contributed by atoms with Gasteiger partial charge in [-0.2, -0.15) is 0 Å². The van der Waals surface area contributed by atoms with Crippen molar-refractivity contribution in [1.29, 1.82) is 0 Å². The second-order valence-electron chi connectivity index (χ2n) is 8.54. The minimum absolute atomic E-state index is 0.0774. The maximum atomic E-state index is 13.0. The van der Waals surface area contributed by atoms with Crippen molar-refractivity contribution < 1.29 is 4.79 Å². The molecule has 4 aromatic rings. The Morgan fingerprint density at radius 1 is 1.12 bits per heavy atom. The second-order valence-corrected chi connectivity index (χ2v) is 10.3. The monoisotopic (exact) mass is 493 g/mol. The number of hydrogen-bond acceptors (Lipinski definition) is 7. The highest BCUT2D eigenvalue weighted by Gasteiger charge is 2.28. The number of hydrogen-bond donors (Lipinski definition) is 1. The standard InChI is InChI=1S/C25H27N5O2S2/c1-17(25(32)28(2)18-7-4-3-5-8-18)30-12-10-29(11-13-30)15-21-26-23(31)22-19(16-34-24(22)27-21)20-9-6-14-33-20/h3-9,14,16-17H,10-13,15H2,1-2H3,(H,26,27,31)/t17-/m1/s1. The molecule has 9 heteroatoms. The van der Waals surface area contributed by atoms with Gasteiger partial charge in [0.2, 0.25) is 5.91 Å². The van der Waals surface area contributed by atoms with Crippen LogP contribution in [0.15, 0.2) is 58.0 Å². The lowest BCUT2D eigenvalue weighted by Gasteiger charge is -2.38. The predicted molar refractivity (Wildman–Crippen MR) is 140 cm³/mol. The number of amides is 1. The van der Waals surface area contributed by atoms with Gasteiger partial charge in [-0.15, -0.1) is 22.7 Å². The summed E-state index contributed by atoms with van der Waals surface area (Å²) in [6, 6.07) is 13.6. The van der Waals surface area contributed by atoms with E-state index in [1.54, 1.807) is 16.2 Å². The van der Waals surface area contributed by atoms with Crippen LogP contribution in [0, 0.1) is 0 Å². The van der Waals surface area contributed by atoms with Crippen molar-refractivity contribution in [2.45, 2.75) is 19.5 Å². The predicted octanol–water partition coefficient (Wildman–Crippen LogP) is 3.88. The Bertz CT molecular complexity index is 1320. The summed E-state index contributed by atoms with van der Waals surface area (Å²) in [5.74, 6) is 0.786. The summed E-state index contributed by atoms with van der Waals surface area (Å²) in [4.78, 5) is 41.7. The SMILES string of the molecule is C[C@H](C(=O)N(C)c1ccccc1)N1CCN(Cc2nc3scc(-c4cccs4)c3c(=O)[nH]2)CC1. The maximum absolute atomic E-state index is 13.0. The number of nitrogens with one attached hydrogen (secondary N) is 1. The first kappa shape index (κ1) is 22.9. The quantitative estimate of drug-likeness (QED) is 0.441. The number of fused-ring (bicyclic) bond motifs is 1. The lowest BCUT2D eigenvalue weighted by molar-refractivity contribution is -0.123. The van der Waals surface area contributed by atoms with E-state index in [2.05, 4.69) is 14.8 Å². The zero-order chi connectivity index (χ0) is 23.7. The summed E-state index contributed by atoms with van der Waals surface area (Å²) in [7, 11) is 1.83. The molecule has 1 amide bonds. The van der Waals surface area contributed by atoms with Crippen LogP contribution in [0.5, 0.6) is 0 Å². The fraction of sp³-hybridized carbons (Fsp3) is 0.320. The van der Waals surface area contributed by atoms with Crippen molar-refractivity contribution in [1.82, 2.24) is 19.8 Å². The van der Waals surface area contributed by atoms with Gasteiger partial charge in [-0.3, -0.25) is 19.4 Å². The summed E-state index contributed by atoms with van der Waals surface area (Å²) in [6.07, 6.45) is 0.